The topological polar surface area (TPSA) is 52.3 Å². The van der Waals surface area contributed by atoms with E-state index in [1.165, 1.54) is 12.8 Å². The zero-order valence-electron chi connectivity index (χ0n) is 12.0. The van der Waals surface area contributed by atoms with Gasteiger partial charge in [-0.1, -0.05) is 51.3 Å². The molecule has 0 aliphatic heterocycles. The summed E-state index contributed by atoms with van der Waals surface area (Å²) >= 11 is 0. The highest BCUT2D eigenvalue weighted by atomic mass is 16.5. The monoisotopic (exact) mass is 263 g/mol. The molecule has 1 aromatic carbocycles. The lowest BCUT2D eigenvalue weighted by molar-refractivity contribution is -0.125. The molecule has 1 unspecified atom stereocenters. The summed E-state index contributed by atoms with van der Waals surface area (Å²) in [5, 5.41) is 0. The third-order valence-electron chi connectivity index (χ3n) is 3.09. The molecule has 0 heterocycles. The number of ether oxygens (including phenoxy) is 1. The van der Waals surface area contributed by atoms with Gasteiger partial charge in [0.1, 0.15) is 5.75 Å². The van der Waals surface area contributed by atoms with Crippen molar-refractivity contribution in [3.8, 4) is 5.75 Å². The van der Waals surface area contributed by atoms with E-state index in [4.69, 9.17) is 10.5 Å². The molecule has 1 amide bonds. The molecule has 0 saturated carbocycles. The Bertz CT molecular complexity index is 362. The van der Waals surface area contributed by atoms with Crippen LogP contribution in [0.4, 0.5) is 0 Å². The van der Waals surface area contributed by atoms with Crippen LogP contribution in [0, 0.1) is 5.92 Å². The van der Waals surface area contributed by atoms with Gasteiger partial charge in [-0.2, -0.15) is 0 Å². The summed E-state index contributed by atoms with van der Waals surface area (Å²) < 4.78 is 5.63. The molecule has 19 heavy (non-hydrogen) atoms. The molecule has 0 fully saturated rings. The maximum Gasteiger partial charge on any atom is 0.258 e. The number of carbonyl (C=O) groups is 1. The fourth-order valence-electron chi connectivity index (χ4n) is 1.98. The molecule has 2 N–H and O–H groups in total. The Morgan fingerprint density at radius 1 is 1.11 bits per heavy atom. The van der Waals surface area contributed by atoms with Crippen molar-refractivity contribution in [2.75, 3.05) is 0 Å². The highest BCUT2D eigenvalue weighted by molar-refractivity contribution is 5.79. The maximum atomic E-state index is 11.4. The van der Waals surface area contributed by atoms with Crippen molar-refractivity contribution in [2.45, 2.75) is 52.1 Å². The molecule has 0 saturated heterocycles. The summed E-state index contributed by atoms with van der Waals surface area (Å²) in [6, 6.07) is 9.37. The molecule has 3 heteroatoms. The molecular formula is C16H25NO2. The van der Waals surface area contributed by atoms with Gasteiger partial charge in [-0.3, -0.25) is 4.79 Å². The molecule has 0 spiro atoms. The molecule has 1 rings (SSSR count). The number of amides is 1. The predicted octanol–water partition coefficient (Wildman–Crippen LogP) is 3.53. The van der Waals surface area contributed by atoms with E-state index < -0.39 is 6.10 Å². The third-order valence-corrected chi connectivity index (χ3v) is 3.09. The average molecular weight is 263 g/mol. The Morgan fingerprint density at radius 2 is 1.74 bits per heavy atom. The summed E-state index contributed by atoms with van der Waals surface area (Å²) in [5.41, 5.74) is 5.38. The predicted molar refractivity (Wildman–Crippen MR) is 78.0 cm³/mol. The van der Waals surface area contributed by atoms with E-state index in [0.29, 0.717) is 12.2 Å². The van der Waals surface area contributed by atoms with Crippen LogP contribution in [0.15, 0.2) is 30.3 Å². The number of unbranched alkanes of at least 4 members (excludes halogenated alkanes) is 2. The van der Waals surface area contributed by atoms with Crippen molar-refractivity contribution in [1.29, 1.82) is 0 Å². The van der Waals surface area contributed by atoms with E-state index in [-0.39, 0.29) is 5.91 Å². The SMILES string of the molecule is CC(C)CCCCCC(Oc1ccccc1)C(N)=O. The van der Waals surface area contributed by atoms with Crippen molar-refractivity contribution in [2.24, 2.45) is 11.7 Å². The Labute approximate surface area is 116 Å². The molecule has 0 radical (unpaired) electrons. The van der Waals surface area contributed by atoms with Gasteiger partial charge in [-0.15, -0.1) is 0 Å². The van der Waals surface area contributed by atoms with Crippen LogP contribution in [0.25, 0.3) is 0 Å². The van der Waals surface area contributed by atoms with Crippen molar-refractivity contribution in [1.82, 2.24) is 0 Å². The second kappa shape index (κ2) is 8.57. The number of benzene rings is 1. The third kappa shape index (κ3) is 6.85. The van der Waals surface area contributed by atoms with Gasteiger partial charge in [0.25, 0.3) is 5.91 Å². The largest absolute Gasteiger partial charge is 0.481 e. The fraction of sp³-hybridized carbons (Fsp3) is 0.562. The first kappa shape index (κ1) is 15.5. The number of hydrogen-bond donors (Lipinski definition) is 1. The zero-order valence-corrected chi connectivity index (χ0v) is 12.0. The van der Waals surface area contributed by atoms with Gasteiger partial charge in [0, 0.05) is 0 Å². The molecule has 0 bridgehead atoms. The number of nitrogens with two attached hydrogens (primary N) is 1. The summed E-state index contributed by atoms with van der Waals surface area (Å²) in [4.78, 5) is 11.4. The summed E-state index contributed by atoms with van der Waals surface area (Å²) in [7, 11) is 0. The fourth-order valence-corrected chi connectivity index (χ4v) is 1.98. The number of hydrogen-bond acceptors (Lipinski definition) is 2. The summed E-state index contributed by atoms with van der Waals surface area (Å²) in [5.74, 6) is 1.06. The van der Waals surface area contributed by atoms with Gasteiger partial charge < -0.3 is 10.5 Å². The Balaban J connectivity index is 2.31. The zero-order chi connectivity index (χ0) is 14.1. The Kier molecular flexibility index (Phi) is 7.01. The second-order valence-electron chi connectivity index (χ2n) is 5.35. The quantitative estimate of drug-likeness (QED) is 0.693. The van der Waals surface area contributed by atoms with Crippen molar-refractivity contribution in [3.63, 3.8) is 0 Å². The van der Waals surface area contributed by atoms with Gasteiger partial charge in [0.05, 0.1) is 0 Å². The Hall–Kier alpha value is -1.51. The van der Waals surface area contributed by atoms with Crippen LogP contribution in [-0.2, 0) is 4.79 Å². The number of carbonyl (C=O) groups excluding carboxylic acids is 1. The van der Waals surface area contributed by atoms with Crippen molar-refractivity contribution >= 4 is 5.91 Å². The highest BCUT2D eigenvalue weighted by Crippen LogP contribution is 2.15. The minimum absolute atomic E-state index is 0.382. The second-order valence-corrected chi connectivity index (χ2v) is 5.35. The maximum absolute atomic E-state index is 11.4. The normalized spacial score (nSPS) is 12.4. The van der Waals surface area contributed by atoms with E-state index in [1.54, 1.807) is 0 Å². The van der Waals surface area contributed by atoms with Gasteiger partial charge >= 0.3 is 0 Å². The van der Waals surface area contributed by atoms with E-state index in [9.17, 15) is 4.79 Å². The molecule has 0 aliphatic rings. The van der Waals surface area contributed by atoms with E-state index in [2.05, 4.69) is 13.8 Å². The first-order valence-electron chi connectivity index (χ1n) is 7.10. The molecular weight excluding hydrogens is 238 g/mol. The molecule has 1 aromatic rings. The minimum atomic E-state index is -0.513. The highest BCUT2D eigenvalue weighted by Gasteiger charge is 2.16. The van der Waals surface area contributed by atoms with E-state index in [1.807, 2.05) is 30.3 Å². The smallest absolute Gasteiger partial charge is 0.258 e. The van der Waals surface area contributed by atoms with E-state index in [0.717, 1.165) is 18.8 Å². The van der Waals surface area contributed by atoms with Gasteiger partial charge in [-0.25, -0.2) is 0 Å². The summed E-state index contributed by atoms with van der Waals surface area (Å²) in [6.07, 6.45) is 4.73. The van der Waals surface area contributed by atoms with E-state index >= 15 is 0 Å². The number of rotatable bonds is 9. The standard InChI is InChI=1S/C16H25NO2/c1-13(2)9-5-3-8-12-15(16(17)18)19-14-10-6-4-7-11-14/h4,6-7,10-11,13,15H,3,5,8-9,12H2,1-2H3,(H2,17,18). The van der Waals surface area contributed by atoms with Gasteiger partial charge in [-0.05, 0) is 30.9 Å². The molecule has 3 nitrogen and oxygen atoms in total. The van der Waals surface area contributed by atoms with Crippen molar-refractivity contribution in [3.05, 3.63) is 30.3 Å². The minimum Gasteiger partial charge on any atom is -0.481 e. The van der Waals surface area contributed by atoms with Crippen LogP contribution in [-0.4, -0.2) is 12.0 Å². The first-order valence-corrected chi connectivity index (χ1v) is 7.10. The van der Waals surface area contributed by atoms with Gasteiger partial charge in [0.2, 0.25) is 0 Å². The van der Waals surface area contributed by atoms with Crippen LogP contribution >= 0.6 is 0 Å². The first-order chi connectivity index (χ1) is 9.09. The average Bonchev–Trinajstić information content (AvgIpc) is 2.37. The molecule has 1 atom stereocenters. The summed E-state index contributed by atoms with van der Waals surface area (Å²) in [6.45, 7) is 4.45. The lowest BCUT2D eigenvalue weighted by atomic mass is 10.0. The lowest BCUT2D eigenvalue weighted by Gasteiger charge is -2.16. The van der Waals surface area contributed by atoms with Crippen molar-refractivity contribution < 1.29 is 9.53 Å². The molecule has 0 aliphatic carbocycles. The molecule has 106 valence electrons. The van der Waals surface area contributed by atoms with Gasteiger partial charge in [0.15, 0.2) is 6.10 Å². The number of para-hydroxylation sites is 1. The van der Waals surface area contributed by atoms with Crippen LogP contribution in [0.5, 0.6) is 5.75 Å². The lowest BCUT2D eigenvalue weighted by Crippen LogP contribution is -2.33. The van der Waals surface area contributed by atoms with Crippen LogP contribution in [0.2, 0.25) is 0 Å². The van der Waals surface area contributed by atoms with Crippen LogP contribution in [0.3, 0.4) is 0 Å². The Morgan fingerprint density at radius 3 is 2.32 bits per heavy atom. The van der Waals surface area contributed by atoms with Crippen LogP contribution in [0.1, 0.15) is 46.0 Å². The number of primary amides is 1. The van der Waals surface area contributed by atoms with Crippen LogP contribution < -0.4 is 10.5 Å². The molecule has 0 aromatic heterocycles.